The average Bonchev–Trinajstić information content (AvgIpc) is 0. The molecule has 0 unspecified atom stereocenters. The van der Waals surface area contributed by atoms with Crippen LogP contribution in [-0.4, -0.2) is 105 Å². The molecule has 0 rings (SSSR count). The van der Waals surface area contributed by atoms with E-state index in [4.69, 9.17) is 0 Å². The molecule has 0 atom stereocenters. The molecule has 0 aliphatic carbocycles. The van der Waals surface area contributed by atoms with Crippen molar-refractivity contribution in [3.05, 3.63) is 0 Å². The zero-order valence-electron chi connectivity index (χ0n) is 1.22. The predicted octanol–water partition coefficient (Wildman–Crippen LogP) is -1.22. The third kappa shape index (κ3) is 23.9. The van der Waals surface area contributed by atoms with E-state index in [1.165, 1.54) is 0 Å². The van der Waals surface area contributed by atoms with Crippen LogP contribution in [0.2, 0.25) is 0 Å². The first kappa shape index (κ1) is 48.2. The van der Waals surface area contributed by atoms with Gasteiger partial charge in [-0.2, -0.15) is 0 Å². The van der Waals surface area contributed by atoms with E-state index in [2.05, 4.69) is 0 Å². The van der Waals surface area contributed by atoms with Crippen LogP contribution in [0.5, 0.6) is 0 Å². The maximum atomic E-state index is 0. The Morgan fingerprint density at radius 1 is 0.667 bits per heavy atom. The van der Waals surface area contributed by atoms with Crippen LogP contribution in [0.15, 0.2) is 0 Å². The summed E-state index contributed by atoms with van der Waals surface area (Å²) in [6, 6.07) is 0. The molecule has 0 aromatic rings. The second-order valence-corrected chi connectivity index (χ2v) is 0. The van der Waals surface area contributed by atoms with Crippen LogP contribution in [0.4, 0.5) is 0 Å². The molecule has 0 amide bonds. The van der Waals surface area contributed by atoms with Crippen molar-refractivity contribution in [2.24, 2.45) is 0 Å². The fourth-order valence-electron chi connectivity index (χ4n) is 0. The van der Waals surface area contributed by atoms with Gasteiger partial charge in [0.05, 0.1) is 0 Å². The Hall–Kier alpha value is 4.30. The van der Waals surface area contributed by atoms with Gasteiger partial charge in [-0.05, 0) is 0 Å². The number of halogens is 3. The second-order valence-electron chi connectivity index (χ2n) is 0. The van der Waals surface area contributed by atoms with Gasteiger partial charge < -0.3 is 0 Å². The number of rotatable bonds is 0. The molecule has 0 radical (unpaired) electrons. The summed E-state index contributed by atoms with van der Waals surface area (Å²) in [5.74, 6) is 0. The molecule has 0 heterocycles. The molecule has 0 fully saturated rings. The van der Waals surface area contributed by atoms with Gasteiger partial charge in [-0.1, -0.05) is 0 Å². The van der Waals surface area contributed by atoms with E-state index >= 15 is 0 Å². The van der Waals surface area contributed by atoms with Crippen molar-refractivity contribution in [3.63, 3.8) is 0 Å². The van der Waals surface area contributed by atoms with Crippen molar-refractivity contribution in [2.75, 3.05) is 0 Å². The minimum atomic E-state index is 0. The Bertz CT molecular complexity index is 10.8. The first-order valence-corrected chi connectivity index (χ1v) is 0. The predicted molar refractivity (Wildman–Crippen MR) is 46.0 cm³/mol. The Balaban J connectivity index is 0. The van der Waals surface area contributed by atoms with E-state index in [1.807, 2.05) is 0 Å². The molecule has 6 heavy (non-hydrogen) atoms. The van der Waals surface area contributed by atoms with Gasteiger partial charge in [-0.25, -0.2) is 0 Å². The van der Waals surface area contributed by atoms with Crippen LogP contribution in [0.3, 0.4) is 0 Å². The van der Waals surface area contributed by atoms with Crippen LogP contribution in [0, 0.1) is 0 Å². The van der Waals surface area contributed by atoms with E-state index in [-0.39, 0.29) is 143 Å². The van der Waals surface area contributed by atoms with Crippen molar-refractivity contribution in [3.8, 4) is 0 Å². The molecular formula is H8BaCaCl3Li. The van der Waals surface area contributed by atoms with Gasteiger partial charge in [-0.3, -0.25) is 0 Å². The third-order valence-corrected chi connectivity index (χ3v) is 0. The second kappa shape index (κ2) is 34.7. The average molecular weight is 299 g/mol. The molecule has 0 aromatic carbocycles. The van der Waals surface area contributed by atoms with Gasteiger partial charge in [0.25, 0.3) is 0 Å². The van der Waals surface area contributed by atoms with Gasteiger partial charge >= 0.3 is 105 Å². The quantitative estimate of drug-likeness (QED) is 0.492. The molecule has 0 saturated carbocycles. The summed E-state index contributed by atoms with van der Waals surface area (Å²) < 4.78 is 0. The van der Waals surface area contributed by atoms with Gasteiger partial charge in [0.2, 0.25) is 0 Å². The fraction of sp³-hybridized carbons (Fsp3) is 0. The minimum absolute atomic E-state index is 0. The van der Waals surface area contributed by atoms with Crippen LogP contribution in [0.1, 0.15) is 0 Å². The number of hydrogen-bond acceptors (Lipinski definition) is 0. The zero-order chi connectivity index (χ0) is 0. The fourth-order valence-corrected chi connectivity index (χ4v) is 0. The summed E-state index contributed by atoms with van der Waals surface area (Å²) in [6.45, 7) is 0. The van der Waals surface area contributed by atoms with Crippen molar-refractivity contribution in [1.82, 2.24) is 0 Å². The Morgan fingerprint density at radius 2 is 0.667 bits per heavy atom. The molecule has 0 bridgehead atoms. The first-order valence-electron chi connectivity index (χ1n) is 0. The van der Waals surface area contributed by atoms with Crippen LogP contribution >= 0.6 is 37.2 Å². The zero-order valence-corrected chi connectivity index (χ0v) is 3.67. The van der Waals surface area contributed by atoms with E-state index in [9.17, 15) is 0 Å². The summed E-state index contributed by atoms with van der Waals surface area (Å²) in [6.07, 6.45) is 0. The topological polar surface area (TPSA) is 0 Å². The first-order chi connectivity index (χ1) is 0. The van der Waals surface area contributed by atoms with Crippen molar-refractivity contribution >= 4 is 143 Å². The molecule has 0 aliphatic rings. The Kier molecular flexibility index (Phi) is 278. The maximum absolute atomic E-state index is 0. The molecule has 0 saturated heterocycles. The monoisotopic (exact) mass is 298 g/mol. The Labute approximate surface area is 139 Å². The van der Waals surface area contributed by atoms with E-state index in [1.54, 1.807) is 0 Å². The molecule has 0 N–H and O–H groups in total. The molecule has 0 aromatic heterocycles. The van der Waals surface area contributed by atoms with Crippen LogP contribution in [-0.2, 0) is 0 Å². The van der Waals surface area contributed by atoms with Gasteiger partial charge in [0.1, 0.15) is 0 Å². The van der Waals surface area contributed by atoms with Crippen molar-refractivity contribution in [2.45, 2.75) is 0 Å². The molecule has 34 valence electrons. The van der Waals surface area contributed by atoms with Gasteiger partial charge in [-0.15, -0.1) is 37.2 Å². The SMILES string of the molecule is Cl.Cl.Cl.[BaH2].[CaH2].[LiH]. The van der Waals surface area contributed by atoms with Gasteiger partial charge in [0, 0.05) is 0 Å². The van der Waals surface area contributed by atoms with Gasteiger partial charge in [0.15, 0.2) is 0 Å². The van der Waals surface area contributed by atoms with Crippen molar-refractivity contribution < 1.29 is 0 Å². The molecule has 6 heteroatoms. The molecule has 0 aliphatic heterocycles. The molecular weight excluding hydrogens is 291 g/mol. The molecule has 0 nitrogen and oxygen atoms in total. The summed E-state index contributed by atoms with van der Waals surface area (Å²) in [5.41, 5.74) is 0. The van der Waals surface area contributed by atoms with Crippen molar-refractivity contribution in [1.29, 1.82) is 0 Å². The van der Waals surface area contributed by atoms with E-state index < -0.39 is 0 Å². The Morgan fingerprint density at radius 3 is 0.667 bits per heavy atom. The normalized spacial score (nSPS) is 0. The number of hydrogen-bond donors (Lipinski definition) is 0. The van der Waals surface area contributed by atoms with Crippen LogP contribution < -0.4 is 0 Å². The summed E-state index contributed by atoms with van der Waals surface area (Å²) >= 11 is 0. The summed E-state index contributed by atoms with van der Waals surface area (Å²) in [4.78, 5) is 0. The van der Waals surface area contributed by atoms with E-state index in [0.717, 1.165) is 0 Å². The molecule has 0 spiro atoms. The summed E-state index contributed by atoms with van der Waals surface area (Å²) in [5, 5.41) is 0. The van der Waals surface area contributed by atoms with E-state index in [0.29, 0.717) is 0 Å². The van der Waals surface area contributed by atoms with Crippen LogP contribution in [0.25, 0.3) is 0 Å². The third-order valence-electron chi connectivity index (χ3n) is 0. The summed E-state index contributed by atoms with van der Waals surface area (Å²) in [7, 11) is 0. The standard InChI is InChI=1S/Ba.Ca.3ClH.Li.5H/h;;3*1H;;;;;;.